The molecule has 38 heavy (non-hydrogen) atoms. The van der Waals surface area contributed by atoms with Gasteiger partial charge in [0.15, 0.2) is 5.16 Å². The molecular formula is C30H36N4O3S. The maximum atomic E-state index is 13.3. The largest absolute Gasteiger partial charge is 0.466 e. The van der Waals surface area contributed by atoms with Crippen molar-refractivity contribution in [1.29, 1.82) is 0 Å². The van der Waals surface area contributed by atoms with Crippen molar-refractivity contribution in [3.8, 4) is 11.3 Å². The molecule has 8 heteroatoms. The summed E-state index contributed by atoms with van der Waals surface area (Å²) in [6.07, 6.45) is 2.59. The summed E-state index contributed by atoms with van der Waals surface area (Å²) in [5, 5.41) is 0.703. The highest BCUT2D eigenvalue weighted by Gasteiger charge is 2.29. The van der Waals surface area contributed by atoms with Crippen LogP contribution in [0.25, 0.3) is 11.3 Å². The Morgan fingerprint density at radius 2 is 1.89 bits per heavy atom. The predicted octanol–water partition coefficient (Wildman–Crippen LogP) is 5.70. The van der Waals surface area contributed by atoms with Gasteiger partial charge in [-0.05, 0) is 43.9 Å². The number of esters is 1. The number of aromatic nitrogens is 2. The molecule has 1 saturated heterocycles. The summed E-state index contributed by atoms with van der Waals surface area (Å²) in [6.45, 7) is 6.29. The summed E-state index contributed by atoms with van der Waals surface area (Å²) < 4.78 is 5.19. The van der Waals surface area contributed by atoms with Crippen LogP contribution in [0.2, 0.25) is 0 Å². The summed E-state index contributed by atoms with van der Waals surface area (Å²) in [5.41, 5.74) is 3.61. The zero-order chi connectivity index (χ0) is 26.9. The van der Waals surface area contributed by atoms with Gasteiger partial charge in [0.05, 0.1) is 18.2 Å². The second kappa shape index (κ2) is 13.4. The lowest BCUT2D eigenvalue weighted by atomic mass is 9.97. The minimum atomic E-state index is -0.250. The normalized spacial score (nSPS) is 15.2. The summed E-state index contributed by atoms with van der Waals surface area (Å²) >= 11 is 1.56. The number of rotatable bonds is 10. The van der Waals surface area contributed by atoms with Crippen LogP contribution in [-0.2, 0) is 15.3 Å². The summed E-state index contributed by atoms with van der Waals surface area (Å²) in [6, 6.07) is 19.9. The van der Waals surface area contributed by atoms with Crippen molar-refractivity contribution >= 4 is 29.5 Å². The number of carbonyl (C=O) groups excluding carboxylic acids is 2. The lowest BCUT2D eigenvalue weighted by Gasteiger charge is -2.31. The van der Waals surface area contributed by atoms with Crippen molar-refractivity contribution in [2.45, 2.75) is 44.0 Å². The van der Waals surface area contributed by atoms with Crippen LogP contribution >= 0.6 is 11.8 Å². The second-order valence-electron chi connectivity index (χ2n) is 9.51. The van der Waals surface area contributed by atoms with Gasteiger partial charge in [-0.25, -0.2) is 9.97 Å². The highest BCUT2D eigenvalue weighted by molar-refractivity contribution is 7.98. The van der Waals surface area contributed by atoms with E-state index in [2.05, 4.69) is 31.0 Å². The van der Waals surface area contributed by atoms with Gasteiger partial charge in [0, 0.05) is 49.6 Å². The van der Waals surface area contributed by atoms with Crippen LogP contribution in [0.4, 0.5) is 5.82 Å². The Balaban J connectivity index is 1.48. The van der Waals surface area contributed by atoms with Crippen LogP contribution < -0.4 is 4.90 Å². The molecule has 4 rings (SSSR count). The van der Waals surface area contributed by atoms with Gasteiger partial charge in [-0.15, -0.1) is 0 Å². The van der Waals surface area contributed by atoms with Gasteiger partial charge < -0.3 is 14.5 Å². The molecule has 1 atom stereocenters. The van der Waals surface area contributed by atoms with Crippen LogP contribution in [0.3, 0.4) is 0 Å². The number of hydrogen-bond acceptors (Lipinski definition) is 7. The molecule has 3 aromatic rings. The minimum Gasteiger partial charge on any atom is -0.466 e. The maximum Gasteiger partial charge on any atom is 0.310 e. The molecule has 0 N–H and O–H groups in total. The first kappa shape index (κ1) is 27.6. The van der Waals surface area contributed by atoms with E-state index < -0.39 is 0 Å². The molecule has 2 aromatic carbocycles. The van der Waals surface area contributed by atoms with E-state index in [0.717, 1.165) is 48.4 Å². The van der Waals surface area contributed by atoms with Gasteiger partial charge in [0.1, 0.15) is 5.82 Å². The average Bonchev–Trinajstić information content (AvgIpc) is 2.96. The molecular weight excluding hydrogens is 496 g/mol. The third kappa shape index (κ3) is 7.13. The first-order chi connectivity index (χ1) is 18.5. The van der Waals surface area contributed by atoms with E-state index >= 15 is 0 Å². The standard InChI is InChI=1S/C30H36N4O3S/c1-4-16-33(3)27-19-26(23-12-7-6-8-13-23)31-30(32-27)38-21-22-11-9-14-24(18-22)28(35)34-17-10-15-25(20-34)29(36)37-5-2/h6-9,11-14,18-19,25H,4-5,10,15-17,20-21H2,1-3H3/t25-/m0/s1. The van der Waals surface area contributed by atoms with Gasteiger partial charge in [-0.3, -0.25) is 9.59 Å². The SMILES string of the molecule is CCCN(C)c1cc(-c2ccccc2)nc(SCc2cccc(C(=O)N3CCC[C@H](C(=O)OCC)C3)c2)n1. The molecule has 0 aliphatic carbocycles. The van der Waals surface area contributed by atoms with Crippen molar-refractivity contribution in [2.24, 2.45) is 5.92 Å². The molecule has 0 unspecified atom stereocenters. The number of hydrogen-bond donors (Lipinski definition) is 0. The number of likely N-dealkylation sites (tertiary alicyclic amines) is 1. The van der Waals surface area contributed by atoms with Crippen molar-refractivity contribution in [2.75, 3.05) is 38.2 Å². The van der Waals surface area contributed by atoms with Crippen molar-refractivity contribution in [3.05, 3.63) is 71.8 Å². The monoisotopic (exact) mass is 532 g/mol. The van der Waals surface area contributed by atoms with Gasteiger partial charge in [-0.2, -0.15) is 0 Å². The third-order valence-electron chi connectivity index (χ3n) is 6.58. The van der Waals surface area contributed by atoms with E-state index in [-0.39, 0.29) is 17.8 Å². The predicted molar refractivity (Wildman–Crippen MR) is 152 cm³/mol. The number of ether oxygens (including phenoxy) is 1. The summed E-state index contributed by atoms with van der Waals surface area (Å²) in [5.74, 6) is 1.03. The maximum absolute atomic E-state index is 13.3. The summed E-state index contributed by atoms with van der Waals surface area (Å²) in [4.78, 5) is 39.1. The van der Waals surface area contributed by atoms with E-state index in [1.54, 1.807) is 23.6 Å². The molecule has 0 radical (unpaired) electrons. The molecule has 1 fully saturated rings. The topological polar surface area (TPSA) is 75.6 Å². The van der Waals surface area contributed by atoms with Gasteiger partial charge in [-0.1, -0.05) is 61.2 Å². The Kier molecular flexibility index (Phi) is 9.76. The number of piperidine rings is 1. The van der Waals surface area contributed by atoms with E-state index in [0.29, 0.717) is 36.2 Å². The molecule has 1 aliphatic rings. The quantitative estimate of drug-likeness (QED) is 0.188. The van der Waals surface area contributed by atoms with Crippen LogP contribution in [0.1, 0.15) is 49.0 Å². The smallest absolute Gasteiger partial charge is 0.310 e. The number of benzene rings is 2. The van der Waals surface area contributed by atoms with Crippen molar-refractivity contribution in [3.63, 3.8) is 0 Å². The lowest BCUT2D eigenvalue weighted by molar-refractivity contribution is -0.149. The van der Waals surface area contributed by atoms with E-state index in [9.17, 15) is 9.59 Å². The van der Waals surface area contributed by atoms with E-state index in [1.807, 2.05) is 48.5 Å². The van der Waals surface area contributed by atoms with Gasteiger partial charge in [0.2, 0.25) is 0 Å². The molecule has 0 spiro atoms. The van der Waals surface area contributed by atoms with Crippen LogP contribution in [0, 0.1) is 5.92 Å². The fourth-order valence-electron chi connectivity index (χ4n) is 4.62. The Morgan fingerprint density at radius 1 is 1.08 bits per heavy atom. The molecule has 1 amide bonds. The zero-order valence-electron chi connectivity index (χ0n) is 22.4. The van der Waals surface area contributed by atoms with Crippen LogP contribution in [0.15, 0.2) is 65.8 Å². The highest BCUT2D eigenvalue weighted by Crippen LogP contribution is 2.28. The minimum absolute atomic E-state index is 0.0448. The number of carbonyl (C=O) groups is 2. The fourth-order valence-corrected chi connectivity index (χ4v) is 5.41. The number of nitrogens with zero attached hydrogens (tertiary/aromatic N) is 4. The Morgan fingerprint density at radius 3 is 2.66 bits per heavy atom. The second-order valence-corrected chi connectivity index (χ2v) is 10.5. The molecule has 2 heterocycles. The van der Waals surface area contributed by atoms with E-state index in [1.165, 1.54) is 0 Å². The zero-order valence-corrected chi connectivity index (χ0v) is 23.2. The molecule has 1 aromatic heterocycles. The number of anilines is 1. The molecule has 0 saturated carbocycles. The van der Waals surface area contributed by atoms with Gasteiger partial charge >= 0.3 is 5.97 Å². The molecule has 0 bridgehead atoms. The number of thioether (sulfide) groups is 1. The fraction of sp³-hybridized carbons (Fsp3) is 0.400. The van der Waals surface area contributed by atoms with Crippen molar-refractivity contribution < 1.29 is 14.3 Å². The van der Waals surface area contributed by atoms with E-state index in [4.69, 9.17) is 14.7 Å². The Bertz CT molecular complexity index is 1240. The molecule has 1 aliphatic heterocycles. The molecule has 7 nitrogen and oxygen atoms in total. The first-order valence-electron chi connectivity index (χ1n) is 13.3. The Labute approximate surface area is 229 Å². The van der Waals surface area contributed by atoms with Gasteiger partial charge in [0.25, 0.3) is 5.91 Å². The lowest BCUT2D eigenvalue weighted by Crippen LogP contribution is -2.42. The van der Waals surface area contributed by atoms with Crippen LogP contribution in [-0.4, -0.2) is 60.0 Å². The third-order valence-corrected chi connectivity index (χ3v) is 7.50. The summed E-state index contributed by atoms with van der Waals surface area (Å²) in [7, 11) is 2.05. The number of amides is 1. The first-order valence-corrected chi connectivity index (χ1v) is 14.3. The highest BCUT2D eigenvalue weighted by atomic mass is 32.2. The van der Waals surface area contributed by atoms with Crippen molar-refractivity contribution in [1.82, 2.24) is 14.9 Å². The van der Waals surface area contributed by atoms with Crippen LogP contribution in [0.5, 0.6) is 0 Å². The Hall–Kier alpha value is -3.39. The molecule has 200 valence electrons. The average molecular weight is 533 g/mol.